The van der Waals surface area contributed by atoms with E-state index in [1.807, 2.05) is 97.1 Å². The fourth-order valence-electron chi connectivity index (χ4n) is 7.69. The predicted molar refractivity (Wildman–Crippen MR) is 213 cm³/mol. The Labute approximate surface area is 303 Å². The van der Waals surface area contributed by atoms with Gasteiger partial charge in [0.15, 0.2) is 0 Å². The first-order valence-corrected chi connectivity index (χ1v) is 16.9. The van der Waals surface area contributed by atoms with Crippen molar-refractivity contribution in [3.8, 4) is 33.6 Å². The van der Waals surface area contributed by atoms with Crippen LogP contribution < -0.4 is 0 Å². The number of rotatable bonds is 4. The molecule has 0 saturated heterocycles. The van der Waals surface area contributed by atoms with Gasteiger partial charge in [-0.05, 0) is 77.3 Å². The number of hydrogen-bond donors (Lipinski definition) is 0. The molecule has 3 aromatic heterocycles. The third kappa shape index (κ3) is 4.19. The summed E-state index contributed by atoms with van der Waals surface area (Å²) in [6.07, 6.45) is 0. The second-order valence-corrected chi connectivity index (χ2v) is 12.8. The summed E-state index contributed by atoms with van der Waals surface area (Å²) in [7, 11) is 0. The van der Waals surface area contributed by atoms with Crippen LogP contribution in [0.25, 0.3) is 99.2 Å². The predicted octanol–water partition coefficient (Wildman–Crippen LogP) is 13.1. The molecular formula is C48H30N2O. The molecule has 8 aromatic carbocycles. The van der Waals surface area contributed by atoms with Crippen LogP contribution in [-0.4, -0.2) is 9.13 Å². The average molecular weight is 658 g/mol. The molecule has 0 aliphatic carbocycles. The molecule has 0 N–H and O–H groups in total. The first-order valence-electron chi connectivity index (χ1n) is 20.4. The fraction of sp³-hybridized carbons (Fsp3) is 0. The lowest BCUT2D eigenvalue weighted by Crippen LogP contribution is -1.95. The number of fused-ring (bicyclic) bond motifs is 9. The van der Waals surface area contributed by atoms with Gasteiger partial charge in [0.2, 0.25) is 0 Å². The van der Waals surface area contributed by atoms with Crippen molar-refractivity contribution in [2.75, 3.05) is 0 Å². The van der Waals surface area contributed by atoms with Gasteiger partial charge < -0.3 is 13.6 Å². The summed E-state index contributed by atoms with van der Waals surface area (Å²) in [5.41, 5.74) is 7.86. The number of hydrogen-bond acceptors (Lipinski definition) is 1. The summed E-state index contributed by atoms with van der Waals surface area (Å²) >= 11 is 0. The van der Waals surface area contributed by atoms with E-state index in [9.17, 15) is 4.11 Å². The lowest BCUT2D eigenvalue weighted by atomic mass is 9.99. The molecule has 0 atom stereocenters. The van der Waals surface area contributed by atoms with Gasteiger partial charge in [-0.1, -0.05) is 115 Å². The topological polar surface area (TPSA) is 23.0 Å². The van der Waals surface area contributed by atoms with Gasteiger partial charge >= 0.3 is 0 Å². The van der Waals surface area contributed by atoms with Crippen molar-refractivity contribution >= 4 is 65.6 Å². The van der Waals surface area contributed by atoms with Gasteiger partial charge in [-0.2, -0.15) is 0 Å². The molecule has 11 rings (SSSR count). The molecule has 3 nitrogen and oxygen atoms in total. The van der Waals surface area contributed by atoms with Crippen LogP contribution in [0.2, 0.25) is 0 Å². The van der Waals surface area contributed by atoms with Crippen molar-refractivity contribution in [3.63, 3.8) is 0 Å². The van der Waals surface area contributed by atoms with Gasteiger partial charge in [-0.25, -0.2) is 0 Å². The zero-order valence-electron chi connectivity index (χ0n) is 34.1. The maximum Gasteiger partial charge on any atom is 0.137 e. The number of para-hydroxylation sites is 4. The van der Waals surface area contributed by atoms with E-state index >= 15 is 0 Å². The Morgan fingerprint density at radius 3 is 2.08 bits per heavy atom. The largest absolute Gasteiger partial charge is 0.456 e. The molecule has 3 heterocycles. The summed E-state index contributed by atoms with van der Waals surface area (Å²) in [4.78, 5) is 0. The highest BCUT2D eigenvalue weighted by molar-refractivity contribution is 6.15. The molecule has 11 aromatic rings. The van der Waals surface area contributed by atoms with E-state index in [-0.39, 0.29) is 57.6 Å². The molecule has 0 aliphatic heterocycles. The molecule has 0 unspecified atom stereocenters. The first-order chi connectivity index (χ1) is 28.2. The number of aromatic nitrogens is 2. The van der Waals surface area contributed by atoms with E-state index in [0.29, 0.717) is 22.4 Å². The van der Waals surface area contributed by atoms with Crippen LogP contribution in [0.15, 0.2) is 186 Å². The van der Waals surface area contributed by atoms with Crippen LogP contribution in [0, 0.1) is 0 Å². The van der Waals surface area contributed by atoms with Crippen molar-refractivity contribution in [3.05, 3.63) is 182 Å². The lowest BCUT2D eigenvalue weighted by molar-refractivity contribution is 0.668. The Kier molecular flexibility index (Phi) is 4.67. The lowest BCUT2D eigenvalue weighted by Gasteiger charge is -2.11. The standard InChI is InChI=1S/C48H30N2O/c1-3-12-31(13-4-1)36-18-11-19-40-42-29-33(23-27-45(42)50(48(36)40)34-14-5-2-6-15-34)32-22-26-44-41(28-32)37-16-7-9-20-43(37)49(44)35-24-25-39-38-17-8-10-21-46(38)51-47(39)30-35/h1-30H/i7D,9D,16D,20D,22D,26D,28D. The summed E-state index contributed by atoms with van der Waals surface area (Å²) < 4.78 is 74.6. The van der Waals surface area contributed by atoms with Crippen LogP contribution in [0.4, 0.5) is 0 Å². The van der Waals surface area contributed by atoms with Gasteiger partial charge in [-0.15, -0.1) is 0 Å². The quantitative estimate of drug-likeness (QED) is 0.185. The molecule has 238 valence electrons. The highest BCUT2D eigenvalue weighted by Crippen LogP contribution is 2.41. The molecule has 0 amide bonds. The van der Waals surface area contributed by atoms with Gasteiger partial charge in [0, 0.05) is 55.3 Å². The molecular weight excluding hydrogens is 621 g/mol. The second kappa shape index (κ2) is 10.8. The van der Waals surface area contributed by atoms with E-state index in [1.165, 1.54) is 0 Å². The molecule has 0 spiro atoms. The molecule has 0 bridgehead atoms. The van der Waals surface area contributed by atoms with Gasteiger partial charge in [0.05, 0.1) is 31.7 Å². The molecule has 51 heavy (non-hydrogen) atoms. The Hall–Kier alpha value is -6.84. The van der Waals surface area contributed by atoms with Crippen LogP contribution >= 0.6 is 0 Å². The second-order valence-electron chi connectivity index (χ2n) is 12.8. The van der Waals surface area contributed by atoms with E-state index in [1.54, 1.807) is 10.6 Å². The SMILES string of the molecule is [2H]c1c([2H])c([2H])c2c(c1[2H])c1c([2H])c(-c3ccc4c(c3)c3cccc(-c5ccccc5)c3n4-c3ccccc3)c([2H])c([2H])c1n2-c1ccc2c(c1)oc1ccccc12. The first kappa shape index (κ1) is 22.0. The van der Waals surface area contributed by atoms with Gasteiger partial charge in [-0.3, -0.25) is 0 Å². The van der Waals surface area contributed by atoms with Crippen LogP contribution in [-0.2, 0) is 0 Å². The van der Waals surface area contributed by atoms with Crippen molar-refractivity contribution in [1.29, 1.82) is 0 Å². The van der Waals surface area contributed by atoms with E-state index in [0.717, 1.165) is 49.4 Å². The van der Waals surface area contributed by atoms with Crippen molar-refractivity contribution < 1.29 is 14.0 Å². The molecule has 0 saturated carbocycles. The third-order valence-corrected chi connectivity index (χ3v) is 9.95. The smallest absolute Gasteiger partial charge is 0.137 e. The Morgan fingerprint density at radius 1 is 0.412 bits per heavy atom. The maximum atomic E-state index is 9.83. The summed E-state index contributed by atoms with van der Waals surface area (Å²) in [5.74, 6) is 0. The van der Waals surface area contributed by atoms with Crippen molar-refractivity contribution in [1.82, 2.24) is 9.13 Å². The van der Waals surface area contributed by atoms with Gasteiger partial charge in [0.25, 0.3) is 0 Å². The zero-order valence-corrected chi connectivity index (χ0v) is 27.1. The minimum Gasteiger partial charge on any atom is -0.456 e. The Morgan fingerprint density at radius 2 is 1.18 bits per heavy atom. The van der Waals surface area contributed by atoms with E-state index < -0.39 is 12.1 Å². The summed E-state index contributed by atoms with van der Waals surface area (Å²) in [5, 5.41) is 4.00. The average Bonchev–Trinajstić information content (AvgIpc) is 3.93. The highest BCUT2D eigenvalue weighted by Gasteiger charge is 2.19. The number of furan rings is 1. The van der Waals surface area contributed by atoms with Crippen LogP contribution in [0.3, 0.4) is 0 Å². The number of nitrogens with zero attached hydrogens (tertiary/aromatic N) is 2. The maximum absolute atomic E-state index is 9.83. The summed E-state index contributed by atoms with van der Waals surface area (Å²) in [6, 6.07) is 43.7. The van der Waals surface area contributed by atoms with Crippen molar-refractivity contribution in [2.24, 2.45) is 0 Å². The zero-order chi connectivity index (χ0) is 39.6. The third-order valence-electron chi connectivity index (χ3n) is 9.95. The summed E-state index contributed by atoms with van der Waals surface area (Å²) in [6.45, 7) is 0. The highest BCUT2D eigenvalue weighted by atomic mass is 16.3. The molecule has 0 aliphatic rings. The number of benzene rings is 8. The Bertz CT molecular complexity index is 3530. The molecule has 0 fully saturated rings. The van der Waals surface area contributed by atoms with Crippen LogP contribution in [0.5, 0.6) is 0 Å². The van der Waals surface area contributed by atoms with E-state index in [2.05, 4.69) is 41.0 Å². The van der Waals surface area contributed by atoms with Gasteiger partial charge in [0.1, 0.15) is 11.2 Å². The van der Waals surface area contributed by atoms with Crippen molar-refractivity contribution in [2.45, 2.75) is 0 Å². The van der Waals surface area contributed by atoms with E-state index in [4.69, 9.17) is 9.90 Å². The fourth-order valence-corrected chi connectivity index (χ4v) is 7.69. The van der Waals surface area contributed by atoms with Crippen LogP contribution in [0.1, 0.15) is 9.60 Å². The Balaban J connectivity index is 1.22. The molecule has 3 heteroatoms. The minimum atomic E-state index is -0.434. The normalized spacial score (nSPS) is 13.8. The molecule has 0 radical (unpaired) electrons. The minimum absolute atomic E-state index is 0.0919. The monoisotopic (exact) mass is 657 g/mol.